The maximum absolute atomic E-state index is 12.4. The lowest BCUT2D eigenvalue weighted by atomic mass is 10.0. The number of hydrogen-bond acceptors (Lipinski definition) is 3. The Kier molecular flexibility index (Phi) is 6.38. The minimum Gasteiger partial charge on any atom is -0.434 e. The van der Waals surface area contributed by atoms with Crippen molar-refractivity contribution < 1.29 is 18.3 Å². The van der Waals surface area contributed by atoms with E-state index in [1.54, 1.807) is 25.1 Å². The first kappa shape index (κ1) is 16.4. The van der Waals surface area contributed by atoms with Gasteiger partial charge in [0.1, 0.15) is 5.75 Å². The molecule has 4 nitrogen and oxygen atoms in total. The summed E-state index contributed by atoms with van der Waals surface area (Å²) in [6.07, 6.45) is 0.562. The number of para-hydroxylation sites is 1. The zero-order valence-corrected chi connectivity index (χ0v) is 11.6. The van der Waals surface area contributed by atoms with Crippen molar-refractivity contribution >= 4 is 5.91 Å². The van der Waals surface area contributed by atoms with Crippen molar-refractivity contribution in [2.24, 2.45) is 11.7 Å². The molecule has 1 aromatic carbocycles. The van der Waals surface area contributed by atoms with Crippen LogP contribution >= 0.6 is 0 Å². The number of nitrogens with two attached hydrogens (primary N) is 1. The lowest BCUT2D eigenvalue weighted by molar-refractivity contribution is -0.125. The highest BCUT2D eigenvalue weighted by molar-refractivity contribution is 5.79. The average Bonchev–Trinajstić information content (AvgIpc) is 2.43. The molecule has 0 fully saturated rings. The summed E-state index contributed by atoms with van der Waals surface area (Å²) >= 11 is 0. The van der Waals surface area contributed by atoms with Gasteiger partial charge in [-0.1, -0.05) is 32.0 Å². The van der Waals surface area contributed by atoms with Crippen LogP contribution in [0.25, 0.3) is 0 Å². The molecule has 3 N–H and O–H groups in total. The Morgan fingerprint density at radius 3 is 2.60 bits per heavy atom. The molecule has 112 valence electrons. The number of amides is 1. The first-order valence-electron chi connectivity index (χ1n) is 6.53. The monoisotopic (exact) mass is 286 g/mol. The Bertz CT molecular complexity index is 441. The van der Waals surface area contributed by atoms with E-state index in [1.807, 2.05) is 6.92 Å². The number of halogens is 2. The summed E-state index contributed by atoms with van der Waals surface area (Å²) in [7, 11) is 0. The van der Waals surface area contributed by atoms with Crippen molar-refractivity contribution in [2.75, 3.05) is 6.54 Å². The molecule has 0 heterocycles. The van der Waals surface area contributed by atoms with Gasteiger partial charge in [0.25, 0.3) is 0 Å². The number of benzene rings is 1. The number of carbonyl (C=O) groups excluding carboxylic acids is 1. The fourth-order valence-corrected chi connectivity index (χ4v) is 1.79. The van der Waals surface area contributed by atoms with E-state index in [-0.39, 0.29) is 30.2 Å². The normalized spacial score (nSPS) is 13.9. The molecule has 0 aliphatic rings. The Labute approximate surface area is 117 Å². The van der Waals surface area contributed by atoms with Gasteiger partial charge in [0.2, 0.25) is 5.91 Å². The predicted molar refractivity (Wildman–Crippen MR) is 72.5 cm³/mol. The molecule has 0 aliphatic heterocycles. The summed E-state index contributed by atoms with van der Waals surface area (Å²) in [6, 6.07) is 6.07. The topological polar surface area (TPSA) is 64.4 Å². The minimum absolute atomic E-state index is 0.0788. The third kappa shape index (κ3) is 4.45. The Hall–Kier alpha value is -1.69. The van der Waals surface area contributed by atoms with E-state index in [0.717, 1.165) is 0 Å². The van der Waals surface area contributed by atoms with Crippen LogP contribution in [0.4, 0.5) is 8.78 Å². The molecule has 20 heavy (non-hydrogen) atoms. The maximum Gasteiger partial charge on any atom is 0.387 e. The molecule has 0 radical (unpaired) electrons. The molecule has 0 saturated heterocycles. The molecule has 0 spiro atoms. The van der Waals surface area contributed by atoms with Crippen LogP contribution < -0.4 is 15.8 Å². The fraction of sp³-hybridized carbons (Fsp3) is 0.500. The van der Waals surface area contributed by atoms with Crippen molar-refractivity contribution in [3.05, 3.63) is 29.8 Å². The molecule has 1 amide bonds. The second kappa shape index (κ2) is 7.79. The smallest absolute Gasteiger partial charge is 0.387 e. The van der Waals surface area contributed by atoms with Crippen LogP contribution in [0.5, 0.6) is 5.75 Å². The van der Waals surface area contributed by atoms with Crippen molar-refractivity contribution in [3.8, 4) is 5.75 Å². The molecule has 1 rings (SSSR count). The van der Waals surface area contributed by atoms with Gasteiger partial charge in [0, 0.05) is 18.0 Å². The summed E-state index contributed by atoms with van der Waals surface area (Å²) in [5.74, 6) is -0.450. The molecular formula is C14H20F2N2O2. The first-order chi connectivity index (χ1) is 9.49. The number of ether oxygens (including phenoxy) is 1. The van der Waals surface area contributed by atoms with Crippen LogP contribution in [0.2, 0.25) is 0 Å². The standard InChI is InChI=1S/C14H20F2N2O2/c1-3-11(18-13(19)9(2)8-17)10-6-4-5-7-12(10)20-14(15)16/h4-7,9,11,14H,3,8,17H2,1-2H3,(H,18,19). The Morgan fingerprint density at radius 1 is 1.40 bits per heavy atom. The van der Waals surface area contributed by atoms with Crippen molar-refractivity contribution in [1.82, 2.24) is 5.32 Å². The second-order valence-corrected chi connectivity index (χ2v) is 4.52. The molecule has 2 atom stereocenters. The van der Waals surface area contributed by atoms with Crippen LogP contribution in [-0.2, 0) is 4.79 Å². The molecule has 2 unspecified atom stereocenters. The zero-order chi connectivity index (χ0) is 15.1. The third-order valence-corrected chi connectivity index (χ3v) is 3.04. The Balaban J connectivity index is 2.92. The summed E-state index contributed by atoms with van der Waals surface area (Å²) in [5, 5.41) is 2.80. The number of hydrogen-bond donors (Lipinski definition) is 2. The van der Waals surface area contributed by atoms with E-state index in [9.17, 15) is 13.6 Å². The van der Waals surface area contributed by atoms with E-state index in [1.165, 1.54) is 6.07 Å². The van der Waals surface area contributed by atoms with Crippen molar-refractivity contribution in [2.45, 2.75) is 32.9 Å². The molecule has 0 saturated carbocycles. The first-order valence-corrected chi connectivity index (χ1v) is 6.53. The molecule has 0 bridgehead atoms. The molecule has 1 aromatic rings. The number of carbonyl (C=O) groups is 1. The number of rotatable bonds is 7. The van der Waals surface area contributed by atoms with Gasteiger partial charge >= 0.3 is 6.61 Å². The SMILES string of the molecule is CCC(NC(=O)C(C)CN)c1ccccc1OC(F)F. The molecule has 6 heteroatoms. The van der Waals surface area contributed by atoms with Gasteiger partial charge in [-0.2, -0.15) is 8.78 Å². The fourth-order valence-electron chi connectivity index (χ4n) is 1.79. The van der Waals surface area contributed by atoms with E-state index >= 15 is 0 Å². The highest BCUT2D eigenvalue weighted by atomic mass is 19.3. The number of alkyl halides is 2. The van der Waals surface area contributed by atoms with Gasteiger partial charge < -0.3 is 15.8 Å². The minimum atomic E-state index is -2.90. The average molecular weight is 286 g/mol. The quantitative estimate of drug-likeness (QED) is 0.809. The van der Waals surface area contributed by atoms with Crippen molar-refractivity contribution in [1.29, 1.82) is 0 Å². The van der Waals surface area contributed by atoms with Crippen LogP contribution in [0, 0.1) is 5.92 Å². The molecular weight excluding hydrogens is 266 g/mol. The lowest BCUT2D eigenvalue weighted by Crippen LogP contribution is -2.35. The van der Waals surface area contributed by atoms with E-state index in [4.69, 9.17) is 5.73 Å². The summed E-state index contributed by atoms with van der Waals surface area (Å²) in [5.41, 5.74) is 5.97. The van der Waals surface area contributed by atoms with Gasteiger partial charge in [0.15, 0.2) is 0 Å². The maximum atomic E-state index is 12.4. The van der Waals surface area contributed by atoms with Crippen LogP contribution in [-0.4, -0.2) is 19.1 Å². The van der Waals surface area contributed by atoms with E-state index in [0.29, 0.717) is 12.0 Å². The summed E-state index contributed by atoms with van der Waals surface area (Å²) in [6.45, 7) is 0.908. The van der Waals surface area contributed by atoms with Crippen LogP contribution in [0.15, 0.2) is 24.3 Å². The zero-order valence-electron chi connectivity index (χ0n) is 11.6. The van der Waals surface area contributed by atoms with Gasteiger partial charge in [-0.15, -0.1) is 0 Å². The number of nitrogens with one attached hydrogen (secondary N) is 1. The van der Waals surface area contributed by atoms with Crippen LogP contribution in [0.3, 0.4) is 0 Å². The Morgan fingerprint density at radius 2 is 2.05 bits per heavy atom. The predicted octanol–water partition coefficient (Wildman–Crippen LogP) is 2.45. The lowest BCUT2D eigenvalue weighted by Gasteiger charge is -2.22. The molecule has 0 aromatic heterocycles. The summed E-state index contributed by atoms with van der Waals surface area (Å²) < 4.78 is 29.3. The van der Waals surface area contributed by atoms with Gasteiger partial charge in [0.05, 0.1) is 6.04 Å². The highest BCUT2D eigenvalue weighted by Gasteiger charge is 2.20. The van der Waals surface area contributed by atoms with E-state index in [2.05, 4.69) is 10.1 Å². The van der Waals surface area contributed by atoms with Gasteiger partial charge in [-0.25, -0.2) is 0 Å². The molecule has 0 aliphatic carbocycles. The van der Waals surface area contributed by atoms with E-state index < -0.39 is 6.61 Å². The largest absolute Gasteiger partial charge is 0.434 e. The van der Waals surface area contributed by atoms with Crippen molar-refractivity contribution in [3.63, 3.8) is 0 Å². The second-order valence-electron chi connectivity index (χ2n) is 4.52. The summed E-state index contributed by atoms with van der Waals surface area (Å²) in [4.78, 5) is 11.9. The van der Waals surface area contributed by atoms with Gasteiger partial charge in [-0.05, 0) is 12.5 Å². The van der Waals surface area contributed by atoms with Gasteiger partial charge in [-0.3, -0.25) is 4.79 Å². The highest BCUT2D eigenvalue weighted by Crippen LogP contribution is 2.28. The third-order valence-electron chi connectivity index (χ3n) is 3.04. The van der Waals surface area contributed by atoms with Crippen LogP contribution in [0.1, 0.15) is 31.9 Å².